The molecule has 1 rings (SSSR count). The molecule has 0 bridgehead atoms. The number of hydrogen-bond acceptors (Lipinski definition) is 3. The standard InChI is InChI=1S/C18H34N4O.HI/c1-8-19-17(21-14(4)9-10-18(5,6)7)20-12-15-11-16(13(2)3)22-23-15;/h11,13-14H,8-10,12H2,1-7H3,(H2,19,20,21);1H. The molecular weight excluding hydrogens is 415 g/mol. The van der Waals surface area contributed by atoms with Crippen LogP contribution >= 0.6 is 24.0 Å². The second-order valence-corrected chi connectivity index (χ2v) is 7.71. The van der Waals surface area contributed by atoms with Crippen LogP contribution in [-0.2, 0) is 6.54 Å². The summed E-state index contributed by atoms with van der Waals surface area (Å²) in [5.41, 5.74) is 1.34. The van der Waals surface area contributed by atoms with E-state index in [0.717, 1.165) is 30.4 Å². The van der Waals surface area contributed by atoms with Crippen LogP contribution in [0.25, 0.3) is 0 Å². The van der Waals surface area contributed by atoms with Crippen molar-refractivity contribution in [2.45, 2.75) is 79.8 Å². The van der Waals surface area contributed by atoms with Gasteiger partial charge in [-0.3, -0.25) is 0 Å². The van der Waals surface area contributed by atoms with E-state index >= 15 is 0 Å². The fraction of sp³-hybridized carbons (Fsp3) is 0.778. The zero-order chi connectivity index (χ0) is 17.5. The summed E-state index contributed by atoms with van der Waals surface area (Å²) < 4.78 is 5.34. The van der Waals surface area contributed by atoms with Crippen LogP contribution in [0.3, 0.4) is 0 Å². The molecule has 1 atom stereocenters. The quantitative estimate of drug-likeness (QED) is 0.360. The van der Waals surface area contributed by atoms with Crippen LogP contribution in [0.5, 0.6) is 0 Å². The molecule has 1 heterocycles. The number of halogens is 1. The Morgan fingerprint density at radius 2 is 1.96 bits per heavy atom. The molecular formula is C18H35IN4O. The normalized spacial score (nSPS) is 13.6. The Morgan fingerprint density at radius 3 is 2.46 bits per heavy atom. The van der Waals surface area contributed by atoms with Crippen molar-refractivity contribution in [2.75, 3.05) is 6.54 Å². The lowest BCUT2D eigenvalue weighted by atomic mass is 9.89. The van der Waals surface area contributed by atoms with E-state index in [-0.39, 0.29) is 24.0 Å². The molecule has 0 aliphatic carbocycles. The summed E-state index contributed by atoms with van der Waals surface area (Å²) in [5.74, 6) is 2.00. The van der Waals surface area contributed by atoms with Crippen molar-refractivity contribution in [3.05, 3.63) is 17.5 Å². The molecule has 140 valence electrons. The van der Waals surface area contributed by atoms with Crippen LogP contribution in [0.15, 0.2) is 15.6 Å². The number of aliphatic imine (C=N–C) groups is 1. The van der Waals surface area contributed by atoms with Gasteiger partial charge < -0.3 is 15.2 Å². The van der Waals surface area contributed by atoms with Crippen LogP contribution in [0.2, 0.25) is 0 Å². The first-order chi connectivity index (χ1) is 10.7. The van der Waals surface area contributed by atoms with Gasteiger partial charge in [-0.2, -0.15) is 0 Å². The molecule has 0 aliphatic heterocycles. The summed E-state index contributed by atoms with van der Waals surface area (Å²) in [6, 6.07) is 2.37. The van der Waals surface area contributed by atoms with Crippen LogP contribution in [0, 0.1) is 5.41 Å². The lowest BCUT2D eigenvalue weighted by molar-refractivity contribution is 0.346. The molecule has 1 aromatic rings. The third-order valence-electron chi connectivity index (χ3n) is 3.62. The Balaban J connectivity index is 0.00000529. The van der Waals surface area contributed by atoms with E-state index in [9.17, 15) is 0 Å². The maximum Gasteiger partial charge on any atom is 0.191 e. The van der Waals surface area contributed by atoms with Crippen LogP contribution in [0.4, 0.5) is 0 Å². The van der Waals surface area contributed by atoms with Crippen molar-refractivity contribution in [1.82, 2.24) is 15.8 Å². The van der Waals surface area contributed by atoms with Crippen molar-refractivity contribution in [1.29, 1.82) is 0 Å². The lowest BCUT2D eigenvalue weighted by Crippen LogP contribution is -2.42. The summed E-state index contributed by atoms with van der Waals surface area (Å²) in [6.07, 6.45) is 2.30. The van der Waals surface area contributed by atoms with Gasteiger partial charge in [-0.1, -0.05) is 39.8 Å². The number of nitrogens with one attached hydrogen (secondary N) is 2. The Bertz CT molecular complexity index is 491. The number of aromatic nitrogens is 1. The van der Waals surface area contributed by atoms with Crippen LogP contribution < -0.4 is 10.6 Å². The van der Waals surface area contributed by atoms with Gasteiger partial charge in [-0.05, 0) is 38.0 Å². The molecule has 0 saturated carbocycles. The first-order valence-corrected chi connectivity index (χ1v) is 8.71. The minimum Gasteiger partial charge on any atom is -0.359 e. The highest BCUT2D eigenvalue weighted by atomic mass is 127. The molecule has 0 saturated heterocycles. The predicted molar refractivity (Wildman–Crippen MR) is 112 cm³/mol. The van der Waals surface area contributed by atoms with Gasteiger partial charge in [-0.25, -0.2) is 4.99 Å². The molecule has 0 fully saturated rings. The van der Waals surface area contributed by atoms with Gasteiger partial charge in [0.25, 0.3) is 0 Å². The number of hydrogen-bond donors (Lipinski definition) is 2. The van der Waals surface area contributed by atoms with Crippen molar-refractivity contribution in [3.8, 4) is 0 Å². The van der Waals surface area contributed by atoms with E-state index < -0.39 is 0 Å². The highest BCUT2D eigenvalue weighted by Gasteiger charge is 2.13. The maximum absolute atomic E-state index is 5.34. The minimum absolute atomic E-state index is 0. The van der Waals surface area contributed by atoms with Gasteiger partial charge in [0.05, 0.1) is 5.69 Å². The molecule has 24 heavy (non-hydrogen) atoms. The van der Waals surface area contributed by atoms with Crippen LogP contribution in [-0.4, -0.2) is 23.7 Å². The number of guanidine groups is 1. The predicted octanol–water partition coefficient (Wildman–Crippen LogP) is 4.69. The molecule has 1 aromatic heterocycles. The molecule has 0 spiro atoms. The van der Waals surface area contributed by atoms with Gasteiger partial charge in [0.1, 0.15) is 6.54 Å². The van der Waals surface area contributed by atoms with E-state index in [4.69, 9.17) is 4.52 Å². The lowest BCUT2D eigenvalue weighted by Gasteiger charge is -2.23. The first-order valence-electron chi connectivity index (χ1n) is 8.71. The van der Waals surface area contributed by atoms with Gasteiger partial charge in [0.15, 0.2) is 11.7 Å². The van der Waals surface area contributed by atoms with Gasteiger partial charge in [-0.15, -0.1) is 24.0 Å². The first kappa shape index (κ1) is 23.2. The second kappa shape index (κ2) is 10.9. The Hall–Kier alpha value is -0.790. The van der Waals surface area contributed by atoms with Crippen molar-refractivity contribution < 1.29 is 4.52 Å². The van der Waals surface area contributed by atoms with Crippen molar-refractivity contribution in [2.24, 2.45) is 10.4 Å². The van der Waals surface area contributed by atoms with Crippen molar-refractivity contribution >= 4 is 29.9 Å². The topological polar surface area (TPSA) is 62.5 Å². The molecule has 1 unspecified atom stereocenters. The third kappa shape index (κ3) is 9.49. The van der Waals surface area contributed by atoms with Gasteiger partial charge in [0.2, 0.25) is 0 Å². The van der Waals surface area contributed by atoms with E-state index in [1.54, 1.807) is 0 Å². The second-order valence-electron chi connectivity index (χ2n) is 7.71. The monoisotopic (exact) mass is 450 g/mol. The fourth-order valence-corrected chi connectivity index (χ4v) is 2.11. The number of nitrogens with zero attached hydrogens (tertiary/aromatic N) is 2. The Morgan fingerprint density at radius 1 is 1.29 bits per heavy atom. The summed E-state index contributed by atoms with van der Waals surface area (Å²) in [6.45, 7) is 16.6. The average Bonchev–Trinajstić information content (AvgIpc) is 2.91. The molecule has 6 heteroatoms. The molecule has 0 aliphatic rings. The minimum atomic E-state index is 0. The maximum atomic E-state index is 5.34. The zero-order valence-electron chi connectivity index (χ0n) is 16.3. The molecule has 0 aromatic carbocycles. The van der Waals surface area contributed by atoms with E-state index in [1.165, 1.54) is 6.42 Å². The Labute approximate surface area is 164 Å². The van der Waals surface area contributed by atoms with E-state index in [2.05, 4.69) is 69.2 Å². The van der Waals surface area contributed by atoms with Gasteiger partial charge >= 0.3 is 0 Å². The summed E-state index contributed by atoms with van der Waals surface area (Å²) in [7, 11) is 0. The molecule has 0 radical (unpaired) electrons. The largest absolute Gasteiger partial charge is 0.359 e. The summed E-state index contributed by atoms with van der Waals surface area (Å²) >= 11 is 0. The summed E-state index contributed by atoms with van der Waals surface area (Å²) in [5, 5.41) is 10.8. The average molecular weight is 450 g/mol. The highest BCUT2D eigenvalue weighted by Crippen LogP contribution is 2.21. The molecule has 2 N–H and O–H groups in total. The summed E-state index contributed by atoms with van der Waals surface area (Å²) in [4.78, 5) is 4.60. The highest BCUT2D eigenvalue weighted by molar-refractivity contribution is 14.0. The van der Waals surface area contributed by atoms with E-state index in [1.807, 2.05) is 6.07 Å². The molecule has 5 nitrogen and oxygen atoms in total. The third-order valence-corrected chi connectivity index (χ3v) is 3.62. The van der Waals surface area contributed by atoms with E-state index in [0.29, 0.717) is 23.9 Å². The molecule has 0 amide bonds. The number of rotatable bonds is 7. The zero-order valence-corrected chi connectivity index (χ0v) is 18.6. The fourth-order valence-electron chi connectivity index (χ4n) is 2.11. The SMILES string of the molecule is CCNC(=NCc1cc(C(C)C)no1)NC(C)CCC(C)(C)C.I. The smallest absolute Gasteiger partial charge is 0.191 e. The van der Waals surface area contributed by atoms with Crippen molar-refractivity contribution in [3.63, 3.8) is 0 Å². The van der Waals surface area contributed by atoms with Crippen LogP contribution in [0.1, 0.15) is 78.7 Å². The Kier molecular flexibility index (Phi) is 10.6. The van der Waals surface area contributed by atoms with Gasteiger partial charge in [0, 0.05) is 18.7 Å².